The monoisotopic (exact) mass is 370 g/mol. The van der Waals surface area contributed by atoms with Gasteiger partial charge in [-0.1, -0.05) is 23.7 Å². The van der Waals surface area contributed by atoms with Crippen molar-refractivity contribution < 1.29 is 9.53 Å². The molecule has 2 heterocycles. The maximum absolute atomic E-state index is 12.5. The third-order valence-corrected chi connectivity index (χ3v) is 3.93. The number of rotatable bonds is 4. The summed E-state index contributed by atoms with van der Waals surface area (Å²) in [5, 5.41) is 7.25. The predicted molar refractivity (Wildman–Crippen MR) is 98.3 cm³/mol. The first-order chi connectivity index (χ1) is 12.5. The van der Waals surface area contributed by atoms with Gasteiger partial charge < -0.3 is 10.1 Å². The van der Waals surface area contributed by atoms with Crippen LogP contribution < -0.4 is 15.5 Å². The number of hydrogen-bond acceptors (Lipinski definition) is 5. The Kier molecular flexibility index (Phi) is 4.99. The molecule has 3 aromatic rings. The van der Waals surface area contributed by atoms with Crippen molar-refractivity contribution in [1.29, 1.82) is 0 Å². The van der Waals surface area contributed by atoms with E-state index < -0.39 is 11.3 Å². The lowest BCUT2D eigenvalue weighted by atomic mass is 10.2. The van der Waals surface area contributed by atoms with Crippen LogP contribution in [0.4, 0.5) is 5.69 Å². The van der Waals surface area contributed by atoms with Crippen molar-refractivity contribution in [2.24, 2.45) is 0 Å². The molecule has 0 radical (unpaired) electrons. The van der Waals surface area contributed by atoms with Gasteiger partial charge in [0.2, 0.25) is 11.3 Å². The molecule has 26 heavy (non-hydrogen) atoms. The highest BCUT2D eigenvalue weighted by Crippen LogP contribution is 2.20. The maximum Gasteiger partial charge on any atom is 0.280 e. The summed E-state index contributed by atoms with van der Waals surface area (Å²) >= 11 is 6.20. The van der Waals surface area contributed by atoms with Gasteiger partial charge in [0.25, 0.3) is 5.91 Å². The zero-order valence-electron chi connectivity index (χ0n) is 14.1. The number of ether oxygens (including phenoxy) is 1. The number of aryl methyl sites for hydroxylation is 1. The fourth-order valence-corrected chi connectivity index (χ4v) is 2.55. The van der Waals surface area contributed by atoms with Crippen molar-refractivity contribution in [2.75, 3.05) is 12.4 Å². The Morgan fingerprint density at radius 3 is 2.65 bits per heavy atom. The Morgan fingerprint density at radius 1 is 1.23 bits per heavy atom. The van der Waals surface area contributed by atoms with E-state index in [1.807, 2.05) is 0 Å². The van der Waals surface area contributed by atoms with E-state index in [1.165, 1.54) is 24.1 Å². The number of carbonyl (C=O) groups is 1. The van der Waals surface area contributed by atoms with Crippen LogP contribution in [-0.2, 0) is 0 Å². The summed E-state index contributed by atoms with van der Waals surface area (Å²) in [5.74, 6) is -0.222. The van der Waals surface area contributed by atoms with Gasteiger partial charge in [-0.05, 0) is 25.1 Å². The SMILES string of the molecule is COc1ccc(NC(=O)c2nn(-c3ccccc3Cl)c(C)cc2=O)cn1. The van der Waals surface area contributed by atoms with Crippen molar-refractivity contribution in [3.05, 3.63) is 75.3 Å². The number of nitrogens with zero attached hydrogens (tertiary/aromatic N) is 3. The summed E-state index contributed by atoms with van der Waals surface area (Å²) in [7, 11) is 1.49. The highest BCUT2D eigenvalue weighted by molar-refractivity contribution is 6.32. The van der Waals surface area contributed by atoms with Gasteiger partial charge in [0.15, 0.2) is 5.69 Å². The topological polar surface area (TPSA) is 86.1 Å². The van der Waals surface area contributed by atoms with Gasteiger partial charge in [0.05, 0.1) is 29.7 Å². The van der Waals surface area contributed by atoms with Gasteiger partial charge >= 0.3 is 0 Å². The Balaban J connectivity index is 1.96. The number of nitrogens with one attached hydrogen (secondary N) is 1. The van der Waals surface area contributed by atoms with Crippen LogP contribution in [0.1, 0.15) is 16.2 Å². The molecular weight excluding hydrogens is 356 g/mol. The van der Waals surface area contributed by atoms with Crippen LogP contribution in [0, 0.1) is 6.92 Å². The molecule has 132 valence electrons. The normalized spacial score (nSPS) is 10.4. The molecule has 0 saturated carbocycles. The molecule has 0 unspecified atom stereocenters. The number of methoxy groups -OCH3 is 1. The van der Waals surface area contributed by atoms with Gasteiger partial charge in [0, 0.05) is 17.8 Å². The molecule has 1 aromatic carbocycles. The minimum Gasteiger partial charge on any atom is -0.481 e. The lowest BCUT2D eigenvalue weighted by Crippen LogP contribution is -2.27. The molecule has 0 fully saturated rings. The first-order valence-electron chi connectivity index (χ1n) is 7.67. The lowest BCUT2D eigenvalue weighted by molar-refractivity contribution is 0.101. The van der Waals surface area contributed by atoms with E-state index in [1.54, 1.807) is 43.3 Å². The molecule has 0 atom stereocenters. The molecule has 3 rings (SSSR count). The second-order valence-electron chi connectivity index (χ2n) is 5.41. The van der Waals surface area contributed by atoms with E-state index in [-0.39, 0.29) is 5.69 Å². The first kappa shape index (κ1) is 17.6. The van der Waals surface area contributed by atoms with Crippen LogP contribution in [-0.4, -0.2) is 27.8 Å². The molecule has 8 heteroatoms. The summed E-state index contributed by atoms with van der Waals surface area (Å²) < 4.78 is 6.43. The fourth-order valence-electron chi connectivity index (χ4n) is 2.34. The predicted octanol–water partition coefficient (Wildman–Crippen LogP) is 2.85. The molecule has 0 bridgehead atoms. The third-order valence-electron chi connectivity index (χ3n) is 3.61. The number of halogens is 1. The number of aromatic nitrogens is 3. The van der Waals surface area contributed by atoms with Crippen LogP contribution in [0.25, 0.3) is 5.69 Å². The van der Waals surface area contributed by atoms with Crippen molar-refractivity contribution in [3.63, 3.8) is 0 Å². The Bertz CT molecular complexity index is 1020. The number of amides is 1. The smallest absolute Gasteiger partial charge is 0.280 e. The van der Waals surface area contributed by atoms with Gasteiger partial charge in [0.1, 0.15) is 0 Å². The second-order valence-corrected chi connectivity index (χ2v) is 5.81. The minimum absolute atomic E-state index is 0.244. The van der Waals surface area contributed by atoms with Gasteiger partial charge in [-0.15, -0.1) is 0 Å². The van der Waals surface area contributed by atoms with Gasteiger partial charge in [-0.2, -0.15) is 5.10 Å². The number of benzene rings is 1. The van der Waals surface area contributed by atoms with E-state index in [4.69, 9.17) is 16.3 Å². The Morgan fingerprint density at radius 2 is 2.00 bits per heavy atom. The van der Waals surface area contributed by atoms with E-state index >= 15 is 0 Å². The largest absolute Gasteiger partial charge is 0.481 e. The Hall–Kier alpha value is -3.19. The summed E-state index contributed by atoms with van der Waals surface area (Å²) in [6.45, 7) is 1.72. The van der Waals surface area contributed by atoms with Crippen molar-refractivity contribution >= 4 is 23.2 Å². The number of para-hydroxylation sites is 1. The zero-order chi connectivity index (χ0) is 18.7. The van der Waals surface area contributed by atoms with Gasteiger partial charge in [-0.3, -0.25) is 9.59 Å². The fraction of sp³-hybridized carbons (Fsp3) is 0.111. The summed E-state index contributed by atoms with van der Waals surface area (Å²) in [5.41, 5.74) is 0.829. The standard InChI is InChI=1S/C18H15ClN4O3/c1-11-9-15(24)17(22-23(11)14-6-4-3-5-13(14)19)18(25)21-12-7-8-16(26-2)20-10-12/h3-10H,1-2H3,(H,21,25). The number of hydrogen-bond donors (Lipinski definition) is 1. The first-order valence-corrected chi connectivity index (χ1v) is 8.04. The Labute approximate surface area is 154 Å². The molecule has 1 N–H and O–H groups in total. The van der Waals surface area contributed by atoms with Crippen LogP contribution in [0.15, 0.2) is 53.5 Å². The average molecular weight is 371 g/mol. The molecule has 7 nitrogen and oxygen atoms in total. The summed E-state index contributed by atoms with van der Waals surface area (Å²) in [6, 6.07) is 11.6. The van der Waals surface area contributed by atoms with Crippen LogP contribution >= 0.6 is 11.6 Å². The van der Waals surface area contributed by atoms with E-state index in [2.05, 4.69) is 15.4 Å². The lowest BCUT2D eigenvalue weighted by Gasteiger charge is -2.12. The molecule has 0 aliphatic carbocycles. The molecule has 2 aromatic heterocycles. The molecule has 0 aliphatic rings. The van der Waals surface area contributed by atoms with Crippen LogP contribution in [0.2, 0.25) is 5.02 Å². The maximum atomic E-state index is 12.5. The van der Waals surface area contributed by atoms with Crippen molar-refractivity contribution in [1.82, 2.24) is 14.8 Å². The average Bonchev–Trinajstić information content (AvgIpc) is 2.63. The molecule has 1 amide bonds. The number of carbonyl (C=O) groups excluding carboxylic acids is 1. The van der Waals surface area contributed by atoms with Crippen LogP contribution in [0.3, 0.4) is 0 Å². The van der Waals surface area contributed by atoms with Gasteiger partial charge in [-0.25, -0.2) is 9.67 Å². The highest BCUT2D eigenvalue weighted by Gasteiger charge is 2.16. The van der Waals surface area contributed by atoms with Crippen molar-refractivity contribution in [2.45, 2.75) is 6.92 Å². The third kappa shape index (κ3) is 3.57. The molecule has 0 spiro atoms. The zero-order valence-corrected chi connectivity index (χ0v) is 14.8. The number of anilines is 1. The summed E-state index contributed by atoms with van der Waals surface area (Å²) in [6.07, 6.45) is 1.43. The highest BCUT2D eigenvalue weighted by atomic mass is 35.5. The minimum atomic E-state index is -0.636. The second kappa shape index (κ2) is 7.37. The molecule has 0 saturated heterocycles. The molecular formula is C18H15ClN4O3. The quantitative estimate of drug-likeness (QED) is 0.763. The summed E-state index contributed by atoms with van der Waals surface area (Å²) in [4.78, 5) is 28.7. The van der Waals surface area contributed by atoms with E-state index in [9.17, 15) is 9.59 Å². The van der Waals surface area contributed by atoms with Crippen molar-refractivity contribution in [3.8, 4) is 11.6 Å². The van der Waals surface area contributed by atoms with E-state index in [0.717, 1.165) is 0 Å². The molecule has 0 aliphatic heterocycles. The van der Waals surface area contributed by atoms with Crippen LogP contribution in [0.5, 0.6) is 5.88 Å². The van der Waals surface area contributed by atoms with E-state index in [0.29, 0.717) is 28.0 Å². The number of pyridine rings is 1.